The van der Waals surface area contributed by atoms with Crippen LogP contribution < -0.4 is 25.2 Å². The highest BCUT2D eigenvalue weighted by atomic mass is 32.1. The molecule has 20 heteroatoms. The van der Waals surface area contributed by atoms with E-state index in [-0.39, 0.29) is 35.3 Å². The van der Waals surface area contributed by atoms with E-state index >= 15 is 8.78 Å². The smallest absolute Gasteiger partial charge is 0.420 e. The number of alkyl halides is 3. The molecule has 4 aromatic carbocycles. The monoisotopic (exact) mass is 1050 g/mol. The zero-order valence-corrected chi connectivity index (χ0v) is 42.6. The first kappa shape index (κ1) is 52.7. The van der Waals surface area contributed by atoms with Crippen molar-refractivity contribution in [2.45, 2.75) is 91.3 Å². The fourth-order valence-electron chi connectivity index (χ4n) is 8.92. The predicted molar refractivity (Wildman–Crippen MR) is 273 cm³/mol. The Morgan fingerprint density at radius 1 is 0.959 bits per heavy atom. The van der Waals surface area contributed by atoms with Gasteiger partial charge < -0.3 is 25.2 Å². The Kier molecular flexibility index (Phi) is 14.7. The molecule has 2 unspecified atom stereocenters. The van der Waals surface area contributed by atoms with E-state index in [0.29, 0.717) is 47.0 Å². The molecule has 2 aliphatic rings. The first-order valence-electron chi connectivity index (χ1n) is 23.3. The summed E-state index contributed by atoms with van der Waals surface area (Å²) in [6.45, 7) is 10.8. The van der Waals surface area contributed by atoms with Crippen molar-refractivity contribution in [3.63, 3.8) is 0 Å². The molecule has 4 heterocycles. The van der Waals surface area contributed by atoms with Gasteiger partial charge in [0.15, 0.2) is 10.9 Å². The van der Waals surface area contributed by atoms with Crippen molar-refractivity contribution in [3.8, 4) is 33.5 Å². The van der Waals surface area contributed by atoms with Gasteiger partial charge in [-0.2, -0.15) is 18.4 Å². The van der Waals surface area contributed by atoms with Crippen molar-refractivity contribution in [2.75, 3.05) is 16.3 Å². The molecule has 0 aliphatic carbocycles. The average Bonchev–Trinajstić information content (AvgIpc) is 4.08. The third-order valence-electron chi connectivity index (χ3n) is 13.0. The van der Waals surface area contributed by atoms with E-state index in [1.54, 1.807) is 74.0 Å². The Bertz CT molecular complexity index is 3210. The number of nitrogens with one attached hydrogen (secondary N) is 2. The average molecular weight is 1050 g/mol. The molecule has 2 aromatic heterocycles. The summed E-state index contributed by atoms with van der Waals surface area (Å²) in [5.74, 6) is -4.29. The summed E-state index contributed by atoms with van der Waals surface area (Å²) < 4.78 is 78.3. The number of hydrogen-bond donors (Lipinski definition) is 2. The van der Waals surface area contributed by atoms with Crippen LogP contribution in [-0.4, -0.2) is 67.8 Å². The van der Waals surface area contributed by atoms with Gasteiger partial charge in [-0.3, -0.25) is 29.1 Å². The topological polar surface area (TPSA) is 161 Å². The van der Waals surface area contributed by atoms with E-state index in [9.17, 15) is 37.6 Å². The number of aromatic nitrogens is 2. The third kappa shape index (κ3) is 10.6. The van der Waals surface area contributed by atoms with Gasteiger partial charge in [0.05, 0.1) is 51.0 Å². The van der Waals surface area contributed by atoms with E-state index in [1.807, 2.05) is 31.2 Å². The maximum atomic E-state index is 15.6. The van der Waals surface area contributed by atoms with E-state index in [0.717, 1.165) is 39.9 Å². The van der Waals surface area contributed by atoms with Gasteiger partial charge in [0, 0.05) is 29.8 Å². The highest BCUT2D eigenvalue weighted by molar-refractivity contribution is 7.81. The summed E-state index contributed by atoms with van der Waals surface area (Å²) >= 11 is 7.10. The second-order valence-corrected chi connectivity index (χ2v) is 20.6. The largest absolute Gasteiger partial charge is 0.489 e. The molecule has 0 saturated carbocycles. The fourth-order valence-corrected chi connectivity index (χ4v) is 10.2. The summed E-state index contributed by atoms with van der Waals surface area (Å²) in [5, 5.41) is 14.7. The second-order valence-electron chi connectivity index (χ2n) is 19.4. The Morgan fingerprint density at radius 3 is 2.27 bits per heavy atom. The maximum Gasteiger partial charge on any atom is 0.420 e. The van der Waals surface area contributed by atoms with Crippen LogP contribution in [0, 0.1) is 35.3 Å². The first-order valence-corrected chi connectivity index (χ1v) is 24.6. The molecule has 13 nitrogen and oxygen atoms in total. The van der Waals surface area contributed by atoms with Crippen molar-refractivity contribution in [2.24, 2.45) is 5.41 Å². The van der Waals surface area contributed by atoms with Crippen molar-refractivity contribution >= 4 is 63.7 Å². The number of pyridine rings is 1. The Morgan fingerprint density at radius 2 is 1.66 bits per heavy atom. The molecule has 2 fully saturated rings. The Labute approximate surface area is 433 Å². The standard InChI is InChI=1S/C54H49F5N8O5S2/c1-30-45(74-29-63-30)33-11-9-31(10-12-33)26-62-48(69)42-8-7-23-65(42)49(70)46(52(2,3)4)64-47(68)34-13-14-36(39(55)24-34)28-72-38-19-15-32(16-20-38)40-21-18-37(27-61-40)67-51(73)66(50(71)53(67,5)6)41-22-17-35(25-60)43(44(41)56)54(57,58)59/h9-22,24,27,29,42,46H,7-8,23,26,28H2,1-6H3,(H,62,69)(H,64,68). The fraction of sp³-hybridized carbons (Fsp3) is 0.296. The molecular formula is C54H49F5N8O5S2. The molecular weight excluding hydrogens is 1000 g/mol. The van der Waals surface area contributed by atoms with Crippen LogP contribution in [0.1, 0.15) is 85.8 Å². The molecule has 2 N–H and O–H groups in total. The number of anilines is 2. The lowest BCUT2D eigenvalue weighted by Crippen LogP contribution is -2.57. The highest BCUT2D eigenvalue weighted by Gasteiger charge is 2.52. The highest BCUT2D eigenvalue weighted by Crippen LogP contribution is 2.42. The normalized spacial score (nSPS) is 16.0. The number of thiocarbonyl (C=S) groups is 1. The van der Waals surface area contributed by atoms with Crippen molar-refractivity contribution in [1.82, 2.24) is 25.5 Å². The number of amides is 4. The Hall–Kier alpha value is -7.63. The quantitative estimate of drug-likeness (QED) is 0.0842. The summed E-state index contributed by atoms with van der Waals surface area (Å²) in [6, 6.07) is 23.0. The zero-order chi connectivity index (χ0) is 53.4. The van der Waals surface area contributed by atoms with Crippen LogP contribution in [-0.2, 0) is 33.7 Å². The molecule has 2 saturated heterocycles. The SMILES string of the molecule is Cc1ncsc1-c1ccc(CNC(=O)C2CCCN2C(=O)C(NC(=O)c2ccc(COc3ccc(-c4ccc(N5C(=S)N(c6ccc(C#N)c(C(F)(F)F)c6F)C(=O)C5(C)C)cn4)cc3)c(F)c2)C(C)(C)C)cc1. The van der Waals surface area contributed by atoms with Crippen LogP contribution >= 0.6 is 23.6 Å². The van der Waals surface area contributed by atoms with Gasteiger partial charge in [0.25, 0.3) is 11.8 Å². The number of carbonyl (C=O) groups is 4. The summed E-state index contributed by atoms with van der Waals surface area (Å²) in [5.41, 5.74) is 0.529. The molecule has 382 valence electrons. The number of hydrogen-bond acceptors (Lipinski definition) is 10. The van der Waals surface area contributed by atoms with Gasteiger partial charge in [-0.25, -0.2) is 13.8 Å². The number of carbonyl (C=O) groups excluding carboxylic acids is 4. The van der Waals surface area contributed by atoms with Gasteiger partial charge in [-0.05, 0) is 123 Å². The number of rotatable bonds is 13. The van der Waals surface area contributed by atoms with Crippen LogP contribution in [0.15, 0.2) is 103 Å². The third-order valence-corrected chi connectivity index (χ3v) is 14.3. The zero-order valence-electron chi connectivity index (χ0n) is 40.9. The minimum Gasteiger partial charge on any atom is -0.489 e. The number of ether oxygens (including phenoxy) is 1. The number of likely N-dealkylation sites (tertiary alicyclic amines) is 1. The van der Waals surface area contributed by atoms with Crippen LogP contribution in [0.25, 0.3) is 21.7 Å². The van der Waals surface area contributed by atoms with Gasteiger partial charge in [0.2, 0.25) is 11.8 Å². The number of halogens is 5. The van der Waals surface area contributed by atoms with Gasteiger partial charge in [-0.15, -0.1) is 11.3 Å². The van der Waals surface area contributed by atoms with Crippen LogP contribution in [0.4, 0.5) is 33.3 Å². The first-order chi connectivity index (χ1) is 35.0. The number of benzene rings is 4. The van der Waals surface area contributed by atoms with Gasteiger partial charge in [0.1, 0.15) is 41.4 Å². The van der Waals surface area contributed by atoms with Crippen LogP contribution in [0.3, 0.4) is 0 Å². The molecule has 8 rings (SSSR count). The minimum atomic E-state index is -5.22. The number of nitriles is 1. The van der Waals surface area contributed by atoms with Gasteiger partial charge in [-0.1, -0.05) is 51.1 Å². The van der Waals surface area contributed by atoms with Crippen molar-refractivity contribution in [1.29, 1.82) is 5.26 Å². The molecule has 2 aliphatic heterocycles. The summed E-state index contributed by atoms with van der Waals surface area (Å²) in [7, 11) is 0. The molecule has 0 spiro atoms. The number of thiazole rings is 1. The lowest BCUT2D eigenvalue weighted by Gasteiger charge is -2.35. The summed E-state index contributed by atoms with van der Waals surface area (Å²) in [4.78, 5) is 68.4. The van der Waals surface area contributed by atoms with E-state index in [2.05, 4.69) is 20.6 Å². The second kappa shape index (κ2) is 20.7. The lowest BCUT2D eigenvalue weighted by atomic mass is 9.85. The predicted octanol–water partition coefficient (Wildman–Crippen LogP) is 10.3. The maximum absolute atomic E-state index is 15.6. The molecule has 2 atom stereocenters. The van der Waals surface area contributed by atoms with Crippen molar-refractivity contribution in [3.05, 3.63) is 148 Å². The molecule has 0 bridgehead atoms. The molecule has 0 radical (unpaired) electrons. The van der Waals surface area contributed by atoms with E-state index in [4.69, 9.17) is 17.0 Å². The van der Waals surface area contributed by atoms with Crippen LogP contribution in [0.2, 0.25) is 0 Å². The van der Waals surface area contributed by atoms with E-state index < -0.39 is 75.4 Å². The van der Waals surface area contributed by atoms with Crippen LogP contribution in [0.5, 0.6) is 5.75 Å². The number of nitrogens with zero attached hydrogens (tertiary/aromatic N) is 6. The summed E-state index contributed by atoms with van der Waals surface area (Å²) in [6.07, 6.45) is -2.73. The van der Waals surface area contributed by atoms with E-state index in [1.165, 1.54) is 48.0 Å². The Balaban J connectivity index is 0.866. The van der Waals surface area contributed by atoms with Crippen molar-refractivity contribution < 1.29 is 45.9 Å². The number of aryl methyl sites for hydroxylation is 1. The lowest BCUT2D eigenvalue weighted by molar-refractivity contribution is -0.142. The molecule has 4 amide bonds. The molecule has 74 heavy (non-hydrogen) atoms. The molecule has 6 aromatic rings. The van der Waals surface area contributed by atoms with Gasteiger partial charge >= 0.3 is 6.18 Å². The minimum absolute atomic E-state index is 0.0119.